The fraction of sp³-hybridized carbons (Fsp3) is 0.600. The van der Waals surface area contributed by atoms with E-state index in [9.17, 15) is 19.2 Å². The maximum atomic E-state index is 13.1. The Balaban J connectivity index is 3.00. The zero-order chi connectivity index (χ0) is 26.1. The van der Waals surface area contributed by atoms with Crippen molar-refractivity contribution in [2.75, 3.05) is 6.61 Å². The zero-order valence-corrected chi connectivity index (χ0v) is 21.8. The molecule has 0 spiro atoms. The molecular formula is C25H37ClN2O6. The van der Waals surface area contributed by atoms with Crippen LogP contribution in [0.15, 0.2) is 24.3 Å². The van der Waals surface area contributed by atoms with Crippen molar-refractivity contribution in [2.45, 2.75) is 84.9 Å². The molecule has 0 saturated heterocycles. The summed E-state index contributed by atoms with van der Waals surface area (Å²) >= 11 is 5.96. The van der Waals surface area contributed by atoms with Crippen LogP contribution in [0.1, 0.15) is 66.9 Å². The molecule has 190 valence electrons. The average molecular weight is 497 g/mol. The van der Waals surface area contributed by atoms with Gasteiger partial charge in [0, 0.05) is 11.4 Å². The van der Waals surface area contributed by atoms with Crippen molar-refractivity contribution in [2.24, 2.45) is 5.92 Å². The lowest BCUT2D eigenvalue weighted by Gasteiger charge is -2.30. The molecule has 0 aliphatic carbocycles. The number of hydrogen-bond donors (Lipinski definition) is 2. The van der Waals surface area contributed by atoms with Crippen molar-refractivity contribution in [1.82, 2.24) is 10.6 Å². The van der Waals surface area contributed by atoms with Gasteiger partial charge in [0.2, 0.25) is 11.8 Å². The SMILES string of the molecule is CCOC(=O)CC[C@@H](NC(=O)[C@@H](NC(=O)C(C)(C)c1ccc(Cl)cc1)C(C)C)C(=O)OC(C)C. The van der Waals surface area contributed by atoms with Gasteiger partial charge in [0.25, 0.3) is 0 Å². The Morgan fingerprint density at radius 1 is 1.00 bits per heavy atom. The molecule has 2 amide bonds. The second-order valence-corrected chi connectivity index (χ2v) is 9.65. The Hall–Kier alpha value is -2.61. The van der Waals surface area contributed by atoms with Gasteiger partial charge in [-0.1, -0.05) is 37.6 Å². The third-order valence-electron chi connectivity index (χ3n) is 5.26. The first-order valence-electron chi connectivity index (χ1n) is 11.5. The Morgan fingerprint density at radius 2 is 1.59 bits per heavy atom. The molecule has 0 unspecified atom stereocenters. The average Bonchev–Trinajstić information content (AvgIpc) is 2.74. The van der Waals surface area contributed by atoms with Crippen LogP contribution in [0.5, 0.6) is 0 Å². The summed E-state index contributed by atoms with van der Waals surface area (Å²) < 4.78 is 10.2. The molecule has 34 heavy (non-hydrogen) atoms. The van der Waals surface area contributed by atoms with E-state index < -0.39 is 41.4 Å². The molecule has 1 aromatic rings. The summed E-state index contributed by atoms with van der Waals surface area (Å²) in [6.45, 7) is 12.4. The molecule has 2 N–H and O–H groups in total. The summed E-state index contributed by atoms with van der Waals surface area (Å²) in [6, 6.07) is 4.97. The molecule has 0 aromatic heterocycles. The van der Waals surface area contributed by atoms with Crippen LogP contribution in [0, 0.1) is 5.92 Å². The minimum atomic E-state index is -1.05. The van der Waals surface area contributed by atoms with Crippen LogP contribution < -0.4 is 10.6 Å². The molecule has 0 aliphatic heterocycles. The first-order chi connectivity index (χ1) is 15.8. The molecule has 1 aromatic carbocycles. The third-order valence-corrected chi connectivity index (χ3v) is 5.52. The first kappa shape index (κ1) is 29.4. The molecule has 0 fully saturated rings. The van der Waals surface area contributed by atoms with Gasteiger partial charge in [-0.25, -0.2) is 4.79 Å². The third kappa shape index (κ3) is 8.97. The van der Waals surface area contributed by atoms with Gasteiger partial charge in [0.05, 0.1) is 18.1 Å². The number of carbonyl (C=O) groups is 4. The van der Waals surface area contributed by atoms with Crippen LogP contribution in [0.2, 0.25) is 5.02 Å². The van der Waals surface area contributed by atoms with Gasteiger partial charge < -0.3 is 20.1 Å². The topological polar surface area (TPSA) is 111 Å². The van der Waals surface area contributed by atoms with E-state index in [1.807, 2.05) is 0 Å². The van der Waals surface area contributed by atoms with Crippen LogP contribution in [0.25, 0.3) is 0 Å². The molecule has 0 heterocycles. The fourth-order valence-electron chi connectivity index (χ4n) is 3.17. The molecular weight excluding hydrogens is 460 g/mol. The molecule has 0 aliphatic rings. The van der Waals surface area contributed by atoms with Crippen LogP contribution in [0.3, 0.4) is 0 Å². The lowest BCUT2D eigenvalue weighted by molar-refractivity contribution is -0.152. The summed E-state index contributed by atoms with van der Waals surface area (Å²) in [4.78, 5) is 50.6. The smallest absolute Gasteiger partial charge is 0.328 e. The van der Waals surface area contributed by atoms with Gasteiger partial charge in [-0.15, -0.1) is 0 Å². The van der Waals surface area contributed by atoms with Crippen molar-refractivity contribution in [3.8, 4) is 0 Å². The quantitative estimate of drug-likeness (QED) is 0.428. The largest absolute Gasteiger partial charge is 0.466 e. The highest BCUT2D eigenvalue weighted by Gasteiger charge is 2.35. The van der Waals surface area contributed by atoms with Crippen molar-refractivity contribution in [3.63, 3.8) is 0 Å². The molecule has 2 atom stereocenters. The normalized spacial score (nSPS) is 13.2. The number of hydrogen-bond acceptors (Lipinski definition) is 6. The summed E-state index contributed by atoms with van der Waals surface area (Å²) in [7, 11) is 0. The summed E-state index contributed by atoms with van der Waals surface area (Å²) in [5.74, 6) is -2.28. The monoisotopic (exact) mass is 496 g/mol. The fourth-order valence-corrected chi connectivity index (χ4v) is 3.30. The zero-order valence-electron chi connectivity index (χ0n) is 21.1. The minimum absolute atomic E-state index is 0.0190. The van der Waals surface area contributed by atoms with E-state index in [4.69, 9.17) is 21.1 Å². The van der Waals surface area contributed by atoms with E-state index in [1.165, 1.54) is 0 Å². The van der Waals surface area contributed by atoms with Crippen LogP contribution in [-0.4, -0.2) is 48.5 Å². The predicted molar refractivity (Wildman–Crippen MR) is 130 cm³/mol. The first-order valence-corrected chi connectivity index (χ1v) is 11.9. The van der Waals surface area contributed by atoms with Crippen LogP contribution >= 0.6 is 11.6 Å². The van der Waals surface area contributed by atoms with Crippen molar-refractivity contribution >= 4 is 35.4 Å². The van der Waals surface area contributed by atoms with Crippen molar-refractivity contribution in [3.05, 3.63) is 34.9 Å². The number of nitrogens with one attached hydrogen (secondary N) is 2. The molecule has 8 nitrogen and oxygen atoms in total. The molecule has 0 radical (unpaired) electrons. The maximum Gasteiger partial charge on any atom is 0.328 e. The predicted octanol–water partition coefficient (Wildman–Crippen LogP) is 3.54. The summed E-state index contributed by atoms with van der Waals surface area (Å²) in [5, 5.41) is 6.02. The Bertz CT molecular complexity index is 851. The van der Waals surface area contributed by atoms with Gasteiger partial charge in [-0.3, -0.25) is 14.4 Å². The number of amides is 2. The lowest BCUT2D eigenvalue weighted by atomic mass is 9.83. The molecule has 9 heteroatoms. The molecule has 1 rings (SSSR count). The van der Waals surface area contributed by atoms with Crippen molar-refractivity contribution < 1.29 is 28.7 Å². The number of carbonyl (C=O) groups excluding carboxylic acids is 4. The highest BCUT2D eigenvalue weighted by atomic mass is 35.5. The van der Waals surface area contributed by atoms with E-state index in [1.54, 1.807) is 72.7 Å². The van der Waals surface area contributed by atoms with Gasteiger partial charge in [0.1, 0.15) is 12.1 Å². The number of halogens is 1. The Kier molecular flexibility index (Phi) is 11.5. The van der Waals surface area contributed by atoms with Crippen LogP contribution in [-0.2, 0) is 34.1 Å². The van der Waals surface area contributed by atoms with Gasteiger partial charge in [-0.05, 0) is 64.7 Å². The van der Waals surface area contributed by atoms with Gasteiger partial charge in [-0.2, -0.15) is 0 Å². The maximum absolute atomic E-state index is 13.1. The Labute approximate surface area is 207 Å². The number of benzene rings is 1. The molecule has 0 saturated carbocycles. The highest BCUT2D eigenvalue weighted by Crippen LogP contribution is 2.25. The van der Waals surface area contributed by atoms with Crippen LogP contribution in [0.4, 0.5) is 0 Å². The van der Waals surface area contributed by atoms with Gasteiger partial charge in [0.15, 0.2) is 0 Å². The van der Waals surface area contributed by atoms with E-state index in [-0.39, 0.29) is 31.3 Å². The summed E-state index contributed by atoms with van der Waals surface area (Å²) in [6.07, 6.45) is -0.435. The lowest BCUT2D eigenvalue weighted by Crippen LogP contribution is -2.56. The van der Waals surface area contributed by atoms with E-state index in [0.717, 1.165) is 5.56 Å². The number of rotatable bonds is 12. The molecule has 0 bridgehead atoms. The minimum Gasteiger partial charge on any atom is -0.466 e. The second-order valence-electron chi connectivity index (χ2n) is 9.22. The highest BCUT2D eigenvalue weighted by molar-refractivity contribution is 6.30. The summed E-state index contributed by atoms with van der Waals surface area (Å²) in [5.41, 5.74) is -0.192. The van der Waals surface area contributed by atoms with E-state index >= 15 is 0 Å². The van der Waals surface area contributed by atoms with E-state index in [0.29, 0.717) is 5.02 Å². The van der Waals surface area contributed by atoms with Gasteiger partial charge >= 0.3 is 11.9 Å². The second kappa shape index (κ2) is 13.3. The number of ether oxygens (including phenoxy) is 2. The standard InChI is InChI=1S/C25H37ClN2O6/c1-8-33-20(29)14-13-19(23(31)34-16(4)5)27-22(30)21(15(2)3)28-24(32)25(6,7)17-9-11-18(26)12-10-17/h9-12,15-16,19,21H,8,13-14H2,1-7H3,(H,27,30)(H,28,32)/t19-,21+/m1/s1. The number of esters is 2. The Morgan fingerprint density at radius 3 is 2.09 bits per heavy atom. The van der Waals surface area contributed by atoms with Crippen molar-refractivity contribution in [1.29, 1.82) is 0 Å². The van der Waals surface area contributed by atoms with E-state index in [2.05, 4.69) is 10.6 Å².